The first-order chi connectivity index (χ1) is 10.3. The Morgan fingerprint density at radius 1 is 0.952 bits per heavy atom. The summed E-state index contributed by atoms with van der Waals surface area (Å²) in [6, 6.07) is 9.24. The Hall–Kier alpha value is -0.570. The molecule has 3 aliphatic rings. The molecule has 3 atom stereocenters. The molecule has 0 amide bonds. The molecular formula is C18H25ClN2. The summed E-state index contributed by atoms with van der Waals surface area (Å²) in [5, 5.41) is 0.833. The smallest absolute Gasteiger partial charge is 0.0406 e. The number of rotatable bonds is 3. The number of hydrogen-bond acceptors (Lipinski definition) is 2. The average Bonchev–Trinajstić information content (AvgIpc) is 3.13. The Balaban J connectivity index is 1.29. The van der Waals surface area contributed by atoms with Crippen LogP contribution in [0.5, 0.6) is 0 Å². The van der Waals surface area contributed by atoms with Crippen molar-refractivity contribution in [2.75, 3.05) is 26.2 Å². The van der Waals surface area contributed by atoms with E-state index in [2.05, 4.69) is 21.9 Å². The number of fused-ring (bicyclic) bond motifs is 2. The minimum Gasteiger partial charge on any atom is -0.298 e. The lowest BCUT2D eigenvalue weighted by atomic mass is 9.93. The Labute approximate surface area is 133 Å². The van der Waals surface area contributed by atoms with Gasteiger partial charge in [0, 0.05) is 43.8 Å². The van der Waals surface area contributed by atoms with Crippen molar-refractivity contribution in [2.24, 2.45) is 11.8 Å². The van der Waals surface area contributed by atoms with E-state index in [0.717, 1.165) is 29.4 Å². The number of benzene rings is 1. The second kappa shape index (κ2) is 5.91. The molecule has 1 aliphatic heterocycles. The minimum atomic E-state index is 0.833. The third-order valence-corrected chi connectivity index (χ3v) is 6.15. The van der Waals surface area contributed by atoms with Crippen LogP contribution in [0.2, 0.25) is 5.02 Å². The minimum absolute atomic E-state index is 0.833. The largest absolute Gasteiger partial charge is 0.298 e. The maximum absolute atomic E-state index is 5.96. The van der Waals surface area contributed by atoms with Crippen LogP contribution >= 0.6 is 11.6 Å². The van der Waals surface area contributed by atoms with Crippen molar-refractivity contribution in [1.82, 2.24) is 9.80 Å². The quantitative estimate of drug-likeness (QED) is 0.841. The predicted molar refractivity (Wildman–Crippen MR) is 87.5 cm³/mol. The summed E-state index contributed by atoms with van der Waals surface area (Å²) in [7, 11) is 0. The summed E-state index contributed by atoms with van der Waals surface area (Å²) in [5.74, 6) is 2.09. The monoisotopic (exact) mass is 304 g/mol. The molecule has 114 valence electrons. The summed E-state index contributed by atoms with van der Waals surface area (Å²) in [6.45, 7) is 6.04. The van der Waals surface area contributed by atoms with Crippen molar-refractivity contribution in [1.29, 1.82) is 0 Å². The third kappa shape index (κ3) is 2.99. The molecule has 0 radical (unpaired) electrons. The molecule has 1 aromatic rings. The van der Waals surface area contributed by atoms with E-state index in [1.807, 2.05) is 12.1 Å². The van der Waals surface area contributed by atoms with Crippen LogP contribution in [0.15, 0.2) is 24.3 Å². The molecular weight excluding hydrogens is 280 g/mol. The van der Waals surface area contributed by atoms with Gasteiger partial charge in [-0.05, 0) is 48.8 Å². The van der Waals surface area contributed by atoms with E-state index in [9.17, 15) is 0 Å². The lowest BCUT2D eigenvalue weighted by Gasteiger charge is -2.41. The van der Waals surface area contributed by atoms with Crippen LogP contribution in [0.25, 0.3) is 0 Å². The van der Waals surface area contributed by atoms with Crippen molar-refractivity contribution in [3.63, 3.8) is 0 Å². The standard InChI is InChI=1S/C18H25ClN2/c19-17-5-2-14(3-6-17)13-20-7-9-21(10-8-20)18-12-15-1-4-16(18)11-15/h2-3,5-6,15-16,18H,1,4,7-13H2/t15-,16+,18+/m1/s1. The lowest BCUT2D eigenvalue weighted by molar-refractivity contribution is 0.0680. The molecule has 0 N–H and O–H groups in total. The molecule has 2 saturated carbocycles. The van der Waals surface area contributed by atoms with E-state index in [1.165, 1.54) is 57.4 Å². The maximum Gasteiger partial charge on any atom is 0.0406 e. The van der Waals surface area contributed by atoms with Crippen LogP contribution in [0.4, 0.5) is 0 Å². The first-order valence-corrected chi connectivity index (χ1v) is 8.86. The summed E-state index contributed by atoms with van der Waals surface area (Å²) in [6.07, 6.45) is 6.02. The van der Waals surface area contributed by atoms with Gasteiger partial charge >= 0.3 is 0 Å². The van der Waals surface area contributed by atoms with E-state index in [4.69, 9.17) is 11.6 Å². The van der Waals surface area contributed by atoms with Gasteiger partial charge in [-0.15, -0.1) is 0 Å². The summed E-state index contributed by atoms with van der Waals surface area (Å²) in [4.78, 5) is 5.38. The Morgan fingerprint density at radius 2 is 1.71 bits per heavy atom. The van der Waals surface area contributed by atoms with Gasteiger partial charge < -0.3 is 0 Å². The average molecular weight is 305 g/mol. The maximum atomic E-state index is 5.96. The first-order valence-electron chi connectivity index (χ1n) is 8.49. The van der Waals surface area contributed by atoms with E-state index >= 15 is 0 Å². The molecule has 4 rings (SSSR count). The van der Waals surface area contributed by atoms with E-state index in [1.54, 1.807) is 0 Å². The van der Waals surface area contributed by atoms with Gasteiger partial charge in [0.2, 0.25) is 0 Å². The second-order valence-corrected chi connectivity index (χ2v) is 7.62. The highest BCUT2D eigenvalue weighted by Crippen LogP contribution is 2.46. The van der Waals surface area contributed by atoms with Crippen molar-refractivity contribution < 1.29 is 0 Å². The number of hydrogen-bond donors (Lipinski definition) is 0. The number of halogens is 1. The molecule has 3 fully saturated rings. The number of piperazine rings is 1. The molecule has 3 heteroatoms. The third-order valence-electron chi connectivity index (χ3n) is 5.90. The van der Waals surface area contributed by atoms with Crippen molar-refractivity contribution in [2.45, 2.75) is 38.3 Å². The SMILES string of the molecule is Clc1ccc(CN2CCN([C@H]3C[C@@H]4CC[C@H]3C4)CC2)cc1. The van der Waals surface area contributed by atoms with E-state index < -0.39 is 0 Å². The Bertz CT molecular complexity index is 478. The van der Waals surface area contributed by atoms with Crippen LogP contribution in [0, 0.1) is 11.8 Å². The molecule has 1 saturated heterocycles. The molecule has 2 aliphatic carbocycles. The zero-order valence-corrected chi connectivity index (χ0v) is 13.4. The predicted octanol–water partition coefficient (Wildman–Crippen LogP) is 3.65. The van der Waals surface area contributed by atoms with Gasteiger partial charge in [-0.3, -0.25) is 9.80 Å². The molecule has 0 aromatic heterocycles. The van der Waals surface area contributed by atoms with Gasteiger partial charge in [-0.25, -0.2) is 0 Å². The summed E-state index contributed by atoms with van der Waals surface area (Å²) >= 11 is 5.96. The highest BCUT2D eigenvalue weighted by molar-refractivity contribution is 6.30. The van der Waals surface area contributed by atoms with Crippen LogP contribution in [-0.4, -0.2) is 42.0 Å². The fourth-order valence-electron chi connectivity index (χ4n) is 4.76. The summed E-state index contributed by atoms with van der Waals surface area (Å²) in [5.41, 5.74) is 1.38. The highest BCUT2D eigenvalue weighted by atomic mass is 35.5. The zero-order chi connectivity index (χ0) is 14.2. The fraction of sp³-hybridized carbons (Fsp3) is 0.667. The first kappa shape index (κ1) is 14.0. The topological polar surface area (TPSA) is 6.48 Å². The van der Waals surface area contributed by atoms with Gasteiger partial charge in [-0.2, -0.15) is 0 Å². The molecule has 2 bridgehead atoms. The van der Waals surface area contributed by atoms with Gasteiger partial charge in [0.15, 0.2) is 0 Å². The molecule has 2 nitrogen and oxygen atoms in total. The second-order valence-electron chi connectivity index (χ2n) is 7.18. The van der Waals surface area contributed by atoms with E-state index in [0.29, 0.717) is 0 Å². The molecule has 0 unspecified atom stereocenters. The van der Waals surface area contributed by atoms with Crippen LogP contribution < -0.4 is 0 Å². The van der Waals surface area contributed by atoms with Crippen molar-refractivity contribution >= 4 is 11.6 Å². The van der Waals surface area contributed by atoms with Gasteiger partial charge in [-0.1, -0.05) is 30.2 Å². The molecule has 0 spiro atoms. The van der Waals surface area contributed by atoms with Gasteiger partial charge in [0.1, 0.15) is 0 Å². The fourth-order valence-corrected chi connectivity index (χ4v) is 4.89. The number of nitrogens with zero attached hydrogens (tertiary/aromatic N) is 2. The highest BCUT2D eigenvalue weighted by Gasteiger charge is 2.42. The molecule has 1 aromatic carbocycles. The summed E-state index contributed by atoms with van der Waals surface area (Å²) < 4.78 is 0. The zero-order valence-electron chi connectivity index (χ0n) is 12.7. The van der Waals surface area contributed by atoms with Crippen molar-refractivity contribution in [3.8, 4) is 0 Å². The van der Waals surface area contributed by atoms with E-state index in [-0.39, 0.29) is 0 Å². The van der Waals surface area contributed by atoms with Gasteiger partial charge in [0.05, 0.1) is 0 Å². The molecule has 1 heterocycles. The normalized spacial score (nSPS) is 33.7. The van der Waals surface area contributed by atoms with Crippen LogP contribution in [0.1, 0.15) is 31.2 Å². The lowest BCUT2D eigenvalue weighted by Crippen LogP contribution is -2.51. The Kier molecular flexibility index (Phi) is 3.95. The molecule has 21 heavy (non-hydrogen) atoms. The van der Waals surface area contributed by atoms with Gasteiger partial charge in [0.25, 0.3) is 0 Å². The Morgan fingerprint density at radius 3 is 2.33 bits per heavy atom. The van der Waals surface area contributed by atoms with Crippen LogP contribution in [0.3, 0.4) is 0 Å². The van der Waals surface area contributed by atoms with Crippen LogP contribution in [-0.2, 0) is 6.54 Å². The van der Waals surface area contributed by atoms with Crippen molar-refractivity contribution in [3.05, 3.63) is 34.9 Å².